The van der Waals surface area contributed by atoms with Crippen LogP contribution in [-0.4, -0.2) is 44.6 Å². The Morgan fingerprint density at radius 3 is 2.39 bits per heavy atom. The lowest BCUT2D eigenvalue weighted by Crippen LogP contribution is -2.26. The maximum atomic E-state index is 12.8. The summed E-state index contributed by atoms with van der Waals surface area (Å²) in [6.45, 7) is 1.75. The number of hydrogen-bond acceptors (Lipinski definition) is 4. The molecule has 0 unspecified atom stereocenters. The molecule has 18 heavy (non-hydrogen) atoms. The Kier molecular flexibility index (Phi) is 3.86. The number of likely N-dealkylation sites (tertiary alicyclic amines) is 1. The van der Waals surface area contributed by atoms with Gasteiger partial charge < -0.3 is 10.0 Å². The normalized spacial score (nSPS) is 17.6. The molecule has 0 spiro atoms. The van der Waals surface area contributed by atoms with E-state index in [1.165, 1.54) is 0 Å². The van der Waals surface area contributed by atoms with Crippen molar-refractivity contribution in [1.82, 2.24) is 19.9 Å². The summed E-state index contributed by atoms with van der Waals surface area (Å²) in [5.74, 6) is 0. The summed E-state index contributed by atoms with van der Waals surface area (Å²) >= 11 is 0. The summed E-state index contributed by atoms with van der Waals surface area (Å²) in [6.07, 6.45) is -2.36. The van der Waals surface area contributed by atoms with Crippen LogP contribution in [0.1, 0.15) is 24.2 Å². The Balaban J connectivity index is 2.09. The standard InChI is InChI=1S/C10H15F3N4O/c11-10(12,13)9-8(7-18)14-15-17(9)6-5-16-3-1-2-4-16/h18H,1-7H2. The van der Waals surface area contributed by atoms with Gasteiger partial charge in [-0.2, -0.15) is 13.2 Å². The molecule has 2 heterocycles. The third kappa shape index (κ3) is 2.81. The zero-order chi connectivity index (χ0) is 13.2. The first-order valence-corrected chi connectivity index (χ1v) is 5.85. The van der Waals surface area contributed by atoms with Crippen molar-refractivity contribution in [2.45, 2.75) is 32.2 Å². The maximum Gasteiger partial charge on any atom is 0.435 e. The molecule has 102 valence electrons. The molecule has 1 fully saturated rings. The van der Waals surface area contributed by atoms with E-state index in [0.717, 1.165) is 30.6 Å². The summed E-state index contributed by atoms with van der Waals surface area (Å²) < 4.78 is 39.2. The minimum atomic E-state index is -4.54. The minimum absolute atomic E-state index is 0.141. The number of aliphatic hydroxyl groups excluding tert-OH is 1. The van der Waals surface area contributed by atoms with E-state index in [-0.39, 0.29) is 6.54 Å². The van der Waals surface area contributed by atoms with Gasteiger partial charge in [-0.3, -0.25) is 0 Å². The van der Waals surface area contributed by atoms with Crippen molar-refractivity contribution >= 4 is 0 Å². The van der Waals surface area contributed by atoms with Gasteiger partial charge in [-0.15, -0.1) is 5.10 Å². The van der Waals surface area contributed by atoms with Gasteiger partial charge in [-0.1, -0.05) is 5.21 Å². The minimum Gasteiger partial charge on any atom is -0.390 e. The second kappa shape index (κ2) is 5.23. The molecule has 1 aliphatic heterocycles. The van der Waals surface area contributed by atoms with Gasteiger partial charge in [0.1, 0.15) is 5.69 Å². The van der Waals surface area contributed by atoms with Crippen LogP contribution in [0.3, 0.4) is 0 Å². The highest BCUT2D eigenvalue weighted by Crippen LogP contribution is 2.31. The van der Waals surface area contributed by atoms with Crippen molar-refractivity contribution < 1.29 is 18.3 Å². The summed E-state index contributed by atoms with van der Waals surface area (Å²) in [4.78, 5) is 2.10. The molecule has 1 aliphatic rings. The van der Waals surface area contributed by atoms with Crippen molar-refractivity contribution in [3.05, 3.63) is 11.4 Å². The first-order chi connectivity index (χ1) is 8.52. The zero-order valence-electron chi connectivity index (χ0n) is 9.82. The SMILES string of the molecule is OCc1nnn(CCN2CCCC2)c1C(F)(F)F. The maximum absolute atomic E-state index is 12.8. The van der Waals surface area contributed by atoms with Crippen LogP contribution in [0.4, 0.5) is 13.2 Å². The van der Waals surface area contributed by atoms with Crippen molar-refractivity contribution in [2.24, 2.45) is 0 Å². The van der Waals surface area contributed by atoms with Gasteiger partial charge in [0.25, 0.3) is 0 Å². The molecule has 0 aromatic carbocycles. The first-order valence-electron chi connectivity index (χ1n) is 5.85. The van der Waals surface area contributed by atoms with Gasteiger partial charge in [0, 0.05) is 6.54 Å². The molecule has 8 heteroatoms. The Morgan fingerprint density at radius 1 is 1.17 bits per heavy atom. The summed E-state index contributed by atoms with van der Waals surface area (Å²) in [5, 5.41) is 15.7. The molecule has 5 nitrogen and oxygen atoms in total. The average Bonchev–Trinajstić information content (AvgIpc) is 2.94. The lowest BCUT2D eigenvalue weighted by Gasteiger charge is -2.16. The van der Waals surface area contributed by atoms with Crippen molar-refractivity contribution in [2.75, 3.05) is 19.6 Å². The van der Waals surface area contributed by atoms with Crippen LogP contribution in [0, 0.1) is 0 Å². The van der Waals surface area contributed by atoms with E-state index in [4.69, 9.17) is 5.11 Å². The summed E-state index contributed by atoms with van der Waals surface area (Å²) in [5.41, 5.74) is -1.35. The van der Waals surface area contributed by atoms with E-state index >= 15 is 0 Å². The fourth-order valence-electron chi connectivity index (χ4n) is 2.16. The highest BCUT2D eigenvalue weighted by Gasteiger charge is 2.39. The second-order valence-corrected chi connectivity index (χ2v) is 4.31. The Bertz CT molecular complexity index is 398. The monoisotopic (exact) mass is 264 g/mol. The molecule has 0 amide bonds. The van der Waals surface area contributed by atoms with Gasteiger partial charge in [-0.05, 0) is 25.9 Å². The summed E-state index contributed by atoms with van der Waals surface area (Å²) in [7, 11) is 0. The molecule has 0 bridgehead atoms. The van der Waals surface area contributed by atoms with Gasteiger partial charge in [-0.25, -0.2) is 4.68 Å². The number of hydrogen-bond donors (Lipinski definition) is 1. The molecule has 2 rings (SSSR count). The smallest absolute Gasteiger partial charge is 0.390 e. The predicted octanol–water partition coefficient (Wildman–Crippen LogP) is 0.885. The van der Waals surface area contributed by atoms with Gasteiger partial charge in [0.05, 0.1) is 13.2 Å². The topological polar surface area (TPSA) is 54.2 Å². The number of alkyl halides is 3. The Labute approximate surface area is 102 Å². The quantitative estimate of drug-likeness (QED) is 0.877. The highest BCUT2D eigenvalue weighted by atomic mass is 19.4. The number of rotatable bonds is 4. The van der Waals surface area contributed by atoms with Crippen LogP contribution < -0.4 is 0 Å². The van der Waals surface area contributed by atoms with Crippen molar-refractivity contribution in [1.29, 1.82) is 0 Å². The van der Waals surface area contributed by atoms with Gasteiger partial charge in [0.15, 0.2) is 5.69 Å². The fraction of sp³-hybridized carbons (Fsp3) is 0.800. The molecule has 1 N–H and O–H groups in total. The predicted molar refractivity (Wildman–Crippen MR) is 56.6 cm³/mol. The molecular formula is C10H15F3N4O. The van der Waals surface area contributed by atoms with Crippen LogP contribution >= 0.6 is 0 Å². The largest absolute Gasteiger partial charge is 0.435 e. The highest BCUT2D eigenvalue weighted by molar-refractivity contribution is 5.13. The second-order valence-electron chi connectivity index (χ2n) is 4.31. The van der Waals surface area contributed by atoms with E-state index in [1.54, 1.807) is 0 Å². The third-order valence-electron chi connectivity index (χ3n) is 3.05. The van der Waals surface area contributed by atoms with E-state index in [9.17, 15) is 13.2 Å². The van der Waals surface area contributed by atoms with Gasteiger partial charge in [0.2, 0.25) is 0 Å². The van der Waals surface area contributed by atoms with E-state index in [1.807, 2.05) is 0 Å². The molecule has 0 atom stereocenters. The lowest BCUT2D eigenvalue weighted by atomic mass is 10.3. The molecule has 1 aromatic heterocycles. The van der Waals surface area contributed by atoms with Crippen LogP contribution in [0.2, 0.25) is 0 Å². The molecule has 1 aromatic rings. The number of nitrogens with zero attached hydrogens (tertiary/aromatic N) is 4. The van der Waals surface area contributed by atoms with E-state index in [2.05, 4.69) is 15.2 Å². The fourth-order valence-corrected chi connectivity index (χ4v) is 2.16. The number of halogens is 3. The number of aromatic nitrogens is 3. The molecule has 0 aliphatic carbocycles. The van der Waals surface area contributed by atoms with Crippen LogP contribution in [0.15, 0.2) is 0 Å². The van der Waals surface area contributed by atoms with Crippen LogP contribution in [0.5, 0.6) is 0 Å². The molecular weight excluding hydrogens is 249 g/mol. The average molecular weight is 264 g/mol. The Hall–Kier alpha value is -1.15. The van der Waals surface area contributed by atoms with E-state index < -0.39 is 24.2 Å². The van der Waals surface area contributed by atoms with Crippen molar-refractivity contribution in [3.8, 4) is 0 Å². The third-order valence-corrected chi connectivity index (χ3v) is 3.05. The first kappa shape index (κ1) is 13.3. The van der Waals surface area contributed by atoms with E-state index in [0.29, 0.717) is 6.54 Å². The molecule has 1 saturated heterocycles. The lowest BCUT2D eigenvalue weighted by molar-refractivity contribution is -0.145. The van der Waals surface area contributed by atoms with Crippen LogP contribution in [0.25, 0.3) is 0 Å². The van der Waals surface area contributed by atoms with Crippen molar-refractivity contribution in [3.63, 3.8) is 0 Å². The number of aliphatic hydroxyl groups is 1. The molecule has 0 saturated carbocycles. The van der Waals surface area contributed by atoms with Gasteiger partial charge >= 0.3 is 6.18 Å². The molecule has 0 radical (unpaired) electrons. The van der Waals surface area contributed by atoms with Crippen LogP contribution in [-0.2, 0) is 19.3 Å². The Morgan fingerprint density at radius 2 is 1.83 bits per heavy atom. The summed E-state index contributed by atoms with van der Waals surface area (Å²) in [6, 6.07) is 0. The zero-order valence-corrected chi connectivity index (χ0v) is 9.82.